The number of nitrogens with zero attached hydrogens (tertiary/aromatic N) is 1. The van der Waals surface area contributed by atoms with Crippen LogP contribution in [0.2, 0.25) is 5.02 Å². The molecule has 2 aliphatic heterocycles. The zero-order valence-electron chi connectivity index (χ0n) is 23.9. The summed E-state index contributed by atoms with van der Waals surface area (Å²) in [5.74, 6) is -5.36. The molecule has 3 aromatic rings. The normalized spacial score (nSPS) is 29.1. The predicted molar refractivity (Wildman–Crippen MR) is 160 cm³/mol. The minimum atomic E-state index is -1.46. The van der Waals surface area contributed by atoms with Gasteiger partial charge in [0.2, 0.25) is 11.8 Å². The van der Waals surface area contributed by atoms with E-state index in [0.717, 1.165) is 10.6 Å². The number of allylic oxidation sites excluding steroid dienone is 2. The highest BCUT2D eigenvalue weighted by Crippen LogP contribution is 2.64. The largest absolute Gasteiger partial charge is 0.507 e. The number of benzene rings is 3. The Morgan fingerprint density at radius 1 is 0.955 bits per heavy atom. The Kier molecular flexibility index (Phi) is 6.44. The maximum Gasteiger partial charge on any atom is 0.260 e. The van der Waals surface area contributed by atoms with Crippen LogP contribution in [0.4, 0.5) is 10.1 Å². The number of fused-ring (bicyclic) bond motifs is 4. The molecule has 4 aliphatic rings. The highest BCUT2D eigenvalue weighted by Gasteiger charge is 2.70. The number of halogens is 2. The molecule has 224 valence electrons. The molecular weight excluding hydrogens is 585 g/mol. The molecule has 0 spiro atoms. The second kappa shape index (κ2) is 10.0. The summed E-state index contributed by atoms with van der Waals surface area (Å²) in [5.41, 5.74) is 5.13. The lowest BCUT2D eigenvalue weighted by Crippen LogP contribution is -2.53. The van der Waals surface area contributed by atoms with Crippen molar-refractivity contribution in [3.8, 4) is 5.75 Å². The molecule has 0 radical (unpaired) electrons. The van der Waals surface area contributed by atoms with Crippen molar-refractivity contribution in [3.63, 3.8) is 0 Å². The van der Waals surface area contributed by atoms with E-state index in [1.165, 1.54) is 24.3 Å². The average Bonchev–Trinajstić information content (AvgIpc) is 3.41. The van der Waals surface area contributed by atoms with E-state index in [-0.39, 0.29) is 24.0 Å². The maximum atomic E-state index is 15.0. The summed E-state index contributed by atoms with van der Waals surface area (Å²) < 4.78 is 13.7. The van der Waals surface area contributed by atoms with Crippen LogP contribution in [-0.2, 0) is 24.6 Å². The van der Waals surface area contributed by atoms with Gasteiger partial charge in [0.1, 0.15) is 11.6 Å². The van der Waals surface area contributed by atoms with Gasteiger partial charge in [-0.3, -0.25) is 29.9 Å². The monoisotopic (exact) mass is 613 g/mol. The van der Waals surface area contributed by atoms with E-state index in [1.807, 2.05) is 18.2 Å². The third-order valence-electron chi connectivity index (χ3n) is 9.95. The summed E-state index contributed by atoms with van der Waals surface area (Å²) in [6.45, 7) is 3.55. The second-order valence-electron chi connectivity index (χ2n) is 12.2. The second-order valence-corrected chi connectivity index (χ2v) is 12.7. The van der Waals surface area contributed by atoms with Crippen LogP contribution < -0.4 is 10.7 Å². The van der Waals surface area contributed by atoms with E-state index in [9.17, 15) is 28.7 Å². The van der Waals surface area contributed by atoms with Crippen molar-refractivity contribution in [2.24, 2.45) is 23.7 Å². The maximum absolute atomic E-state index is 15.0. The number of hydrogen-bond donors (Lipinski definition) is 3. The van der Waals surface area contributed by atoms with Crippen LogP contribution in [-0.4, -0.2) is 33.7 Å². The smallest absolute Gasteiger partial charge is 0.260 e. The topological polar surface area (TPSA) is 116 Å². The standard InChI is InChI=1S/C34H29ClFN3O5/c1-16-13-18(14-17(2)29(16)40)28-23-11-12-24-27(31(42)37-30(24)41)25(23)15-26-32(43)39(38-22-9-7-21(36)8-10-22)33(44)34(26,28)19-3-5-20(35)6-4-19/h3-11,13-14,24-28,38,40H,12,15H2,1-2H3,(H,37,41,42). The molecule has 2 saturated heterocycles. The summed E-state index contributed by atoms with van der Waals surface area (Å²) in [5, 5.41) is 14.6. The summed E-state index contributed by atoms with van der Waals surface area (Å²) in [6.07, 6.45) is 2.45. The van der Waals surface area contributed by atoms with E-state index in [0.29, 0.717) is 39.4 Å². The van der Waals surface area contributed by atoms with E-state index in [2.05, 4.69) is 10.7 Å². The molecule has 7 rings (SSSR count). The van der Waals surface area contributed by atoms with Crippen molar-refractivity contribution in [1.82, 2.24) is 10.3 Å². The fourth-order valence-electron chi connectivity index (χ4n) is 8.10. The van der Waals surface area contributed by atoms with Gasteiger partial charge < -0.3 is 5.11 Å². The van der Waals surface area contributed by atoms with Gasteiger partial charge in [-0.15, -0.1) is 0 Å². The number of anilines is 1. The number of phenols is 1. The van der Waals surface area contributed by atoms with Crippen LogP contribution in [0.25, 0.3) is 0 Å². The predicted octanol–water partition coefficient (Wildman–Crippen LogP) is 5.07. The Bertz CT molecular complexity index is 1770. The summed E-state index contributed by atoms with van der Waals surface area (Å²) >= 11 is 6.30. The number of carbonyl (C=O) groups is 4. The Morgan fingerprint density at radius 2 is 1.61 bits per heavy atom. The lowest BCUT2D eigenvalue weighted by Gasteiger charge is -2.50. The summed E-state index contributed by atoms with van der Waals surface area (Å²) in [4.78, 5) is 55.4. The molecule has 44 heavy (non-hydrogen) atoms. The van der Waals surface area contributed by atoms with Crippen LogP contribution in [0.3, 0.4) is 0 Å². The zero-order valence-corrected chi connectivity index (χ0v) is 24.7. The first kappa shape index (κ1) is 28.3. The summed E-state index contributed by atoms with van der Waals surface area (Å²) in [6, 6.07) is 15.9. The number of imide groups is 2. The first-order chi connectivity index (χ1) is 21.0. The number of hydrogen-bond acceptors (Lipinski definition) is 6. The Hall–Kier alpha value is -4.50. The summed E-state index contributed by atoms with van der Waals surface area (Å²) in [7, 11) is 0. The molecule has 4 amide bonds. The van der Waals surface area contributed by atoms with Crippen molar-refractivity contribution in [2.45, 2.75) is 38.0 Å². The van der Waals surface area contributed by atoms with Crippen molar-refractivity contribution in [1.29, 1.82) is 0 Å². The first-order valence-corrected chi connectivity index (χ1v) is 14.9. The lowest BCUT2D eigenvalue weighted by atomic mass is 9.49. The lowest BCUT2D eigenvalue weighted by molar-refractivity contribution is -0.138. The molecule has 0 aromatic heterocycles. The molecule has 10 heteroatoms. The van der Waals surface area contributed by atoms with E-state index >= 15 is 0 Å². The van der Waals surface area contributed by atoms with Crippen molar-refractivity contribution in [3.05, 3.63) is 105 Å². The number of amides is 4. The quantitative estimate of drug-likeness (QED) is 0.279. The van der Waals surface area contributed by atoms with Gasteiger partial charge >= 0.3 is 0 Å². The fourth-order valence-corrected chi connectivity index (χ4v) is 8.22. The van der Waals surface area contributed by atoms with E-state index in [1.54, 1.807) is 38.1 Å². The molecule has 1 saturated carbocycles. The number of phenolic OH excluding ortho intramolecular Hbond substituents is 1. The Labute approximate surface area is 257 Å². The molecule has 0 bridgehead atoms. The Morgan fingerprint density at radius 3 is 2.27 bits per heavy atom. The number of hydrazine groups is 1. The van der Waals surface area contributed by atoms with Crippen molar-refractivity contribution < 1.29 is 28.7 Å². The Balaban J connectivity index is 1.49. The fraction of sp³-hybridized carbons (Fsp3) is 0.294. The van der Waals surface area contributed by atoms with Crippen LogP contribution in [0.5, 0.6) is 5.75 Å². The number of nitrogens with one attached hydrogen (secondary N) is 2. The third-order valence-corrected chi connectivity index (χ3v) is 10.2. The molecule has 3 N–H and O–H groups in total. The SMILES string of the molecule is Cc1cc(C2C3=CCC4C(=O)NC(=O)C4C3CC3C(=O)N(Nc4ccc(F)cc4)C(=O)C32c2ccc(Cl)cc2)cc(C)c1O. The van der Waals surface area contributed by atoms with Crippen LogP contribution in [0.1, 0.15) is 41.0 Å². The van der Waals surface area contributed by atoms with E-state index < -0.39 is 52.6 Å². The van der Waals surface area contributed by atoms with Gasteiger partial charge in [-0.05, 0) is 91.3 Å². The average molecular weight is 614 g/mol. The third kappa shape index (κ3) is 3.95. The zero-order chi connectivity index (χ0) is 31.1. The molecule has 2 heterocycles. The van der Waals surface area contributed by atoms with Gasteiger partial charge in [0.25, 0.3) is 11.8 Å². The van der Waals surface area contributed by atoms with Crippen LogP contribution in [0.15, 0.2) is 72.3 Å². The molecule has 3 aromatic carbocycles. The highest BCUT2D eigenvalue weighted by atomic mass is 35.5. The molecular formula is C34H29ClFN3O5. The number of rotatable bonds is 4. The molecule has 8 nitrogen and oxygen atoms in total. The van der Waals surface area contributed by atoms with Gasteiger partial charge in [-0.2, -0.15) is 5.01 Å². The number of carbonyl (C=O) groups excluding carboxylic acids is 4. The van der Waals surface area contributed by atoms with Gasteiger partial charge in [0.15, 0.2) is 0 Å². The van der Waals surface area contributed by atoms with E-state index in [4.69, 9.17) is 11.6 Å². The molecule has 6 atom stereocenters. The first-order valence-electron chi connectivity index (χ1n) is 14.5. The molecule has 6 unspecified atom stereocenters. The number of aromatic hydroxyl groups is 1. The highest BCUT2D eigenvalue weighted by molar-refractivity contribution is 6.30. The van der Waals surface area contributed by atoms with Crippen molar-refractivity contribution >= 4 is 40.9 Å². The van der Waals surface area contributed by atoms with Gasteiger partial charge in [-0.1, -0.05) is 47.5 Å². The molecule has 3 fully saturated rings. The van der Waals surface area contributed by atoms with Gasteiger partial charge in [0.05, 0.1) is 28.9 Å². The minimum Gasteiger partial charge on any atom is -0.507 e. The minimum absolute atomic E-state index is 0.130. The van der Waals surface area contributed by atoms with Crippen LogP contribution >= 0.6 is 11.6 Å². The molecule has 2 aliphatic carbocycles. The van der Waals surface area contributed by atoms with Crippen LogP contribution in [0, 0.1) is 43.3 Å². The van der Waals surface area contributed by atoms with Crippen molar-refractivity contribution in [2.75, 3.05) is 5.43 Å². The van der Waals surface area contributed by atoms with Gasteiger partial charge in [0, 0.05) is 10.9 Å². The number of aryl methyl sites for hydroxylation is 2. The van der Waals surface area contributed by atoms with Gasteiger partial charge in [-0.25, -0.2) is 4.39 Å².